The Morgan fingerprint density at radius 3 is 1.48 bits per heavy atom. The molecule has 0 aliphatic rings. The largest absolute Gasteiger partial charge is 0.237 e. The summed E-state index contributed by atoms with van der Waals surface area (Å²) in [5.74, 6) is 0. The monoisotopic (exact) mass is 424 g/mol. The number of nitrogens with zero attached hydrogens (tertiary/aromatic N) is 2. The van der Waals surface area contributed by atoms with E-state index < -0.39 is 0 Å². The second kappa shape index (κ2) is 7.75. The predicted molar refractivity (Wildman–Crippen MR) is 139 cm³/mol. The highest BCUT2D eigenvalue weighted by Crippen LogP contribution is 2.45. The molecule has 33 heavy (non-hydrogen) atoms. The zero-order valence-corrected chi connectivity index (χ0v) is 18.8. The highest BCUT2D eigenvalue weighted by atomic mass is 15.3. The normalized spacial score (nSPS) is 11.3. The first-order valence-corrected chi connectivity index (χ1v) is 11.3. The van der Waals surface area contributed by atoms with Crippen molar-refractivity contribution in [3.63, 3.8) is 0 Å². The molecule has 0 bridgehead atoms. The molecule has 2 heteroatoms. The second-order valence-electron chi connectivity index (χ2n) is 8.50. The Hall–Kier alpha value is -4.17. The Kier molecular flexibility index (Phi) is 4.58. The fourth-order valence-electron chi connectivity index (χ4n) is 5.14. The van der Waals surface area contributed by atoms with Crippen LogP contribution in [0.2, 0.25) is 0 Å². The van der Waals surface area contributed by atoms with Crippen LogP contribution < -0.4 is 0 Å². The molecule has 1 aromatic heterocycles. The summed E-state index contributed by atoms with van der Waals surface area (Å²) in [5.41, 5.74) is 8.28. The Morgan fingerprint density at radius 2 is 0.939 bits per heavy atom. The molecule has 0 N–H and O–H groups in total. The van der Waals surface area contributed by atoms with Crippen molar-refractivity contribution in [3.05, 3.63) is 121 Å². The maximum absolute atomic E-state index is 4.97. The molecule has 6 rings (SSSR count). The van der Waals surface area contributed by atoms with Gasteiger partial charge in [0.2, 0.25) is 0 Å². The van der Waals surface area contributed by atoms with Gasteiger partial charge in [-0.1, -0.05) is 97.1 Å². The standard InChI is InChI=1S/C31H24N2/c1-21-29(22(2)33(32-21)24-15-7-4-8-16-24)31-27-19-11-9-17-25(27)30(23-13-5-3-6-14-23)26-18-10-12-20-28(26)31/h3-20H,1-2H3. The fraction of sp³-hybridized carbons (Fsp3) is 0.0645. The zero-order chi connectivity index (χ0) is 22.4. The van der Waals surface area contributed by atoms with Crippen LogP contribution in [0.3, 0.4) is 0 Å². The van der Waals surface area contributed by atoms with Gasteiger partial charge < -0.3 is 0 Å². The molecule has 5 aromatic carbocycles. The van der Waals surface area contributed by atoms with Crippen molar-refractivity contribution in [2.24, 2.45) is 0 Å². The molecule has 0 spiro atoms. The molecule has 0 unspecified atom stereocenters. The number of aromatic nitrogens is 2. The molecular formula is C31H24N2. The summed E-state index contributed by atoms with van der Waals surface area (Å²) in [6, 6.07) is 38.7. The lowest BCUT2D eigenvalue weighted by Crippen LogP contribution is -1.98. The van der Waals surface area contributed by atoms with E-state index >= 15 is 0 Å². The van der Waals surface area contributed by atoms with E-state index in [9.17, 15) is 0 Å². The molecule has 0 radical (unpaired) electrons. The smallest absolute Gasteiger partial charge is 0.0679 e. The molecule has 0 saturated carbocycles. The molecular weight excluding hydrogens is 400 g/mol. The highest BCUT2D eigenvalue weighted by molar-refractivity contribution is 6.21. The average Bonchev–Trinajstić information content (AvgIpc) is 3.17. The van der Waals surface area contributed by atoms with Gasteiger partial charge in [0.25, 0.3) is 0 Å². The summed E-state index contributed by atoms with van der Waals surface area (Å²) in [6.45, 7) is 4.30. The van der Waals surface area contributed by atoms with Crippen LogP contribution in [-0.2, 0) is 0 Å². The number of aryl methyl sites for hydroxylation is 1. The molecule has 2 nitrogen and oxygen atoms in total. The minimum atomic E-state index is 1.04. The van der Waals surface area contributed by atoms with Crippen molar-refractivity contribution in [2.45, 2.75) is 13.8 Å². The Bertz CT molecular complexity index is 1550. The SMILES string of the molecule is Cc1nn(-c2ccccc2)c(C)c1-c1c2ccccc2c(-c2ccccc2)c2ccccc12. The van der Waals surface area contributed by atoms with Crippen molar-refractivity contribution in [2.75, 3.05) is 0 Å². The molecule has 1 heterocycles. The summed E-state index contributed by atoms with van der Waals surface area (Å²) in [6.07, 6.45) is 0. The average molecular weight is 425 g/mol. The van der Waals surface area contributed by atoms with E-state index in [2.05, 4.69) is 122 Å². The zero-order valence-electron chi connectivity index (χ0n) is 18.8. The van der Waals surface area contributed by atoms with Gasteiger partial charge in [0.15, 0.2) is 0 Å². The molecule has 0 saturated heterocycles. The highest BCUT2D eigenvalue weighted by Gasteiger charge is 2.21. The minimum absolute atomic E-state index is 1.04. The third-order valence-electron chi connectivity index (χ3n) is 6.54. The van der Waals surface area contributed by atoms with Crippen LogP contribution in [-0.4, -0.2) is 9.78 Å². The van der Waals surface area contributed by atoms with E-state index in [1.165, 1.54) is 43.8 Å². The first-order chi connectivity index (χ1) is 16.2. The first-order valence-electron chi connectivity index (χ1n) is 11.3. The van der Waals surface area contributed by atoms with Gasteiger partial charge in [-0.3, -0.25) is 0 Å². The second-order valence-corrected chi connectivity index (χ2v) is 8.50. The van der Waals surface area contributed by atoms with Crippen LogP contribution >= 0.6 is 0 Å². The van der Waals surface area contributed by atoms with Crippen LogP contribution in [0.5, 0.6) is 0 Å². The van der Waals surface area contributed by atoms with Gasteiger partial charge in [-0.25, -0.2) is 4.68 Å². The van der Waals surface area contributed by atoms with Crippen LogP contribution in [0, 0.1) is 13.8 Å². The third kappa shape index (κ3) is 3.07. The predicted octanol–water partition coefficient (Wildman–Crippen LogP) is 8.13. The molecule has 6 aromatic rings. The van der Waals surface area contributed by atoms with Gasteiger partial charge in [0.05, 0.1) is 11.4 Å². The van der Waals surface area contributed by atoms with Crippen molar-refractivity contribution >= 4 is 21.5 Å². The van der Waals surface area contributed by atoms with Crippen molar-refractivity contribution in [3.8, 4) is 27.9 Å². The van der Waals surface area contributed by atoms with Gasteiger partial charge in [0, 0.05) is 16.8 Å². The van der Waals surface area contributed by atoms with Crippen LogP contribution in [0.15, 0.2) is 109 Å². The van der Waals surface area contributed by atoms with E-state index in [0.29, 0.717) is 0 Å². The summed E-state index contributed by atoms with van der Waals surface area (Å²) in [7, 11) is 0. The number of benzene rings is 5. The quantitative estimate of drug-likeness (QED) is 0.262. The van der Waals surface area contributed by atoms with Gasteiger partial charge in [0.1, 0.15) is 0 Å². The summed E-state index contributed by atoms with van der Waals surface area (Å²) >= 11 is 0. The minimum Gasteiger partial charge on any atom is -0.237 e. The summed E-state index contributed by atoms with van der Waals surface area (Å²) in [5, 5.41) is 10.0. The molecule has 158 valence electrons. The van der Waals surface area contributed by atoms with Gasteiger partial charge in [-0.2, -0.15) is 5.10 Å². The van der Waals surface area contributed by atoms with E-state index in [1.54, 1.807) is 0 Å². The van der Waals surface area contributed by atoms with E-state index in [4.69, 9.17) is 5.10 Å². The first kappa shape index (κ1) is 19.5. The Balaban J connectivity index is 1.76. The maximum atomic E-state index is 4.97. The topological polar surface area (TPSA) is 17.8 Å². The lowest BCUT2D eigenvalue weighted by molar-refractivity contribution is 0.834. The van der Waals surface area contributed by atoms with Gasteiger partial charge >= 0.3 is 0 Å². The molecule has 0 aliphatic heterocycles. The van der Waals surface area contributed by atoms with Gasteiger partial charge in [-0.15, -0.1) is 0 Å². The third-order valence-corrected chi connectivity index (χ3v) is 6.54. The Labute approximate surface area is 193 Å². The van der Waals surface area contributed by atoms with E-state index in [-0.39, 0.29) is 0 Å². The summed E-state index contributed by atoms with van der Waals surface area (Å²) in [4.78, 5) is 0. The van der Waals surface area contributed by atoms with Crippen LogP contribution in [0.1, 0.15) is 11.4 Å². The van der Waals surface area contributed by atoms with Crippen LogP contribution in [0.25, 0.3) is 49.5 Å². The fourth-order valence-corrected chi connectivity index (χ4v) is 5.14. The number of hydrogen-bond donors (Lipinski definition) is 0. The molecule has 0 fully saturated rings. The molecule has 0 amide bonds. The van der Waals surface area contributed by atoms with Crippen molar-refractivity contribution < 1.29 is 0 Å². The maximum Gasteiger partial charge on any atom is 0.0679 e. The molecule has 0 aliphatic carbocycles. The molecule has 0 atom stereocenters. The summed E-state index contributed by atoms with van der Waals surface area (Å²) < 4.78 is 2.07. The van der Waals surface area contributed by atoms with E-state index in [1.807, 2.05) is 6.07 Å². The lowest BCUT2D eigenvalue weighted by atomic mass is 9.85. The number of rotatable bonds is 3. The Morgan fingerprint density at radius 1 is 0.485 bits per heavy atom. The van der Waals surface area contributed by atoms with Crippen molar-refractivity contribution in [1.29, 1.82) is 0 Å². The van der Waals surface area contributed by atoms with Crippen molar-refractivity contribution in [1.82, 2.24) is 9.78 Å². The number of fused-ring (bicyclic) bond motifs is 2. The number of para-hydroxylation sites is 1. The van der Waals surface area contributed by atoms with Gasteiger partial charge in [-0.05, 0) is 58.7 Å². The van der Waals surface area contributed by atoms with E-state index in [0.717, 1.165) is 17.1 Å². The van der Waals surface area contributed by atoms with Crippen LogP contribution in [0.4, 0.5) is 0 Å². The lowest BCUT2D eigenvalue weighted by Gasteiger charge is -2.18. The number of hydrogen-bond acceptors (Lipinski definition) is 1.